The molecular weight excluding hydrogens is 759 g/mol. The van der Waals surface area contributed by atoms with Gasteiger partial charge in [-0.05, 0) is 57.5 Å². The highest BCUT2D eigenvalue weighted by Crippen LogP contribution is 2.20. The summed E-state index contributed by atoms with van der Waals surface area (Å²) in [5.74, 6) is -4.46. The maximum Gasteiger partial charge on any atom is 0.326 e. The fourth-order valence-electron chi connectivity index (χ4n) is 6.93. The predicted molar refractivity (Wildman–Crippen MR) is 227 cm³/mol. The molecule has 0 fully saturated rings. The van der Waals surface area contributed by atoms with Gasteiger partial charge in [-0.3, -0.25) is 24.0 Å². The lowest BCUT2D eigenvalue weighted by Crippen LogP contribution is -2.59. The fourth-order valence-corrected chi connectivity index (χ4v) is 6.93. The monoisotopic (exact) mass is 805 g/mol. The SMILES string of the molecule is C=C(Cc1ccccc1)[C@@H]1NC(=O)CCNC(=O)c2ccc(cc2)C[C@@H](C(=O)O)NC(=O)C(Cc2ccccc2)NC(=O)[C@H](Cc2ccc(-c3ccccc3)cc2)NC1=O. The van der Waals surface area contributed by atoms with Gasteiger partial charge in [-0.2, -0.15) is 0 Å². The topological polar surface area (TPSA) is 183 Å². The van der Waals surface area contributed by atoms with Crippen molar-refractivity contribution >= 4 is 35.5 Å². The van der Waals surface area contributed by atoms with Crippen LogP contribution in [0.15, 0.2) is 152 Å². The van der Waals surface area contributed by atoms with Crippen LogP contribution in [0.2, 0.25) is 0 Å². The lowest BCUT2D eigenvalue weighted by atomic mass is 9.97. The molecule has 5 aromatic rings. The molecule has 0 aromatic heterocycles. The van der Waals surface area contributed by atoms with Crippen LogP contribution >= 0.6 is 0 Å². The standard InChI is InChI=1S/C48H47N5O7/c1-31(27-32-11-5-2-6-12-32)43-47(58)51-40(29-34-17-21-37(22-18-34)36-15-9-4-10-16-36)45(56)50-39(28-33-13-7-3-8-14-33)46(57)52-41(48(59)60)30-35-19-23-38(24-20-35)44(55)49-26-25-42(54)53-43/h2-24,39-41,43H,1,25-30H2,(H,49,55)(H,50,56)(H,51,58)(H,52,57)(H,53,54)(H,59,60)/t39?,40-,41-,43-/m0/s1. The second-order valence-electron chi connectivity index (χ2n) is 14.7. The van der Waals surface area contributed by atoms with Crippen LogP contribution in [0.25, 0.3) is 11.1 Å². The predicted octanol–water partition coefficient (Wildman–Crippen LogP) is 4.34. The minimum atomic E-state index is -1.38. The fraction of sp³-hybridized carbons (Fsp3) is 0.208. The van der Waals surface area contributed by atoms with Gasteiger partial charge < -0.3 is 31.7 Å². The molecule has 0 saturated carbocycles. The highest BCUT2D eigenvalue weighted by molar-refractivity contribution is 5.97. The Kier molecular flexibility index (Phi) is 14.4. The first kappa shape index (κ1) is 42.3. The Labute approximate surface area is 348 Å². The van der Waals surface area contributed by atoms with E-state index in [1.807, 2.05) is 91.0 Å². The number of hydrogen-bond acceptors (Lipinski definition) is 6. The number of amides is 5. The van der Waals surface area contributed by atoms with Gasteiger partial charge in [0, 0.05) is 37.8 Å². The molecule has 1 unspecified atom stereocenters. The van der Waals surface area contributed by atoms with E-state index >= 15 is 0 Å². The Morgan fingerprint density at radius 2 is 1.07 bits per heavy atom. The van der Waals surface area contributed by atoms with Crippen molar-refractivity contribution < 1.29 is 33.9 Å². The molecule has 4 atom stereocenters. The average Bonchev–Trinajstić information content (AvgIpc) is 3.25. The number of benzene rings is 5. The zero-order chi connectivity index (χ0) is 42.4. The Morgan fingerprint density at radius 1 is 0.567 bits per heavy atom. The summed E-state index contributed by atoms with van der Waals surface area (Å²) < 4.78 is 0. The van der Waals surface area contributed by atoms with Crippen molar-refractivity contribution in [2.45, 2.75) is 56.3 Å². The van der Waals surface area contributed by atoms with Crippen LogP contribution in [0.1, 0.15) is 39.0 Å². The molecular formula is C48H47N5O7. The number of carboxylic acids is 1. The van der Waals surface area contributed by atoms with Gasteiger partial charge in [-0.1, -0.05) is 134 Å². The van der Waals surface area contributed by atoms with Crippen molar-refractivity contribution in [1.82, 2.24) is 26.6 Å². The molecule has 306 valence electrons. The van der Waals surface area contributed by atoms with E-state index in [9.17, 15) is 33.9 Å². The van der Waals surface area contributed by atoms with Gasteiger partial charge in [0.1, 0.15) is 24.2 Å². The van der Waals surface area contributed by atoms with E-state index in [0.29, 0.717) is 22.3 Å². The first-order valence-electron chi connectivity index (χ1n) is 19.7. The molecule has 0 aliphatic carbocycles. The molecule has 2 bridgehead atoms. The van der Waals surface area contributed by atoms with Gasteiger partial charge in [-0.25, -0.2) is 4.79 Å². The van der Waals surface area contributed by atoms with Crippen LogP contribution in [0, 0.1) is 0 Å². The summed E-state index contributed by atoms with van der Waals surface area (Å²) in [6.45, 7) is 4.12. The van der Waals surface area contributed by atoms with Crippen LogP contribution in [-0.2, 0) is 49.7 Å². The van der Waals surface area contributed by atoms with E-state index in [2.05, 4.69) is 33.2 Å². The third-order valence-corrected chi connectivity index (χ3v) is 10.2. The molecule has 2 heterocycles. The maximum atomic E-state index is 14.5. The summed E-state index contributed by atoms with van der Waals surface area (Å²) in [4.78, 5) is 81.8. The van der Waals surface area contributed by atoms with Crippen LogP contribution in [0.3, 0.4) is 0 Å². The number of fused-ring (bicyclic) bond motifs is 18. The van der Waals surface area contributed by atoms with Crippen LogP contribution in [-0.4, -0.2) is 71.3 Å². The van der Waals surface area contributed by atoms with Crippen LogP contribution in [0.5, 0.6) is 0 Å². The summed E-state index contributed by atoms with van der Waals surface area (Å²) in [5, 5.41) is 23.9. The van der Waals surface area contributed by atoms with Crippen molar-refractivity contribution in [2.24, 2.45) is 0 Å². The second kappa shape index (κ2) is 20.4. The molecule has 0 radical (unpaired) electrons. The Hall–Kier alpha value is -7.34. The van der Waals surface area contributed by atoms with E-state index in [4.69, 9.17) is 0 Å². The summed E-state index contributed by atoms with van der Waals surface area (Å²) in [7, 11) is 0. The van der Waals surface area contributed by atoms with Crippen molar-refractivity contribution in [1.29, 1.82) is 0 Å². The molecule has 12 heteroatoms. The maximum absolute atomic E-state index is 14.5. The first-order chi connectivity index (χ1) is 29.0. The zero-order valence-electron chi connectivity index (χ0n) is 32.9. The number of rotatable bonds is 9. The summed E-state index contributed by atoms with van der Waals surface area (Å²) in [5.41, 5.74) is 5.34. The Morgan fingerprint density at radius 3 is 1.67 bits per heavy atom. The Bertz CT molecular complexity index is 2300. The van der Waals surface area contributed by atoms with Gasteiger partial charge in [0.05, 0.1) is 0 Å². The zero-order valence-corrected chi connectivity index (χ0v) is 32.9. The summed E-state index contributed by atoms with van der Waals surface area (Å²) in [6, 6.07) is 36.5. The van der Waals surface area contributed by atoms with Crippen molar-refractivity contribution in [2.75, 3.05) is 6.54 Å². The van der Waals surface area contributed by atoms with Crippen molar-refractivity contribution in [3.05, 3.63) is 179 Å². The lowest BCUT2D eigenvalue weighted by Gasteiger charge is -2.27. The van der Waals surface area contributed by atoms with E-state index in [0.717, 1.165) is 16.7 Å². The minimum absolute atomic E-state index is 0.00223. The van der Waals surface area contributed by atoms with E-state index < -0.39 is 59.7 Å². The third kappa shape index (κ3) is 11.9. The normalized spacial score (nSPS) is 19.4. The highest BCUT2D eigenvalue weighted by atomic mass is 16.4. The smallest absolute Gasteiger partial charge is 0.326 e. The molecule has 2 aliphatic heterocycles. The van der Waals surface area contributed by atoms with Gasteiger partial charge in [0.25, 0.3) is 5.91 Å². The molecule has 5 aromatic carbocycles. The molecule has 12 nitrogen and oxygen atoms in total. The van der Waals surface area contributed by atoms with Gasteiger partial charge >= 0.3 is 5.97 Å². The van der Waals surface area contributed by atoms with Gasteiger partial charge in [0.15, 0.2) is 0 Å². The number of aliphatic carboxylic acids is 1. The van der Waals surface area contributed by atoms with E-state index in [1.165, 1.54) is 12.1 Å². The van der Waals surface area contributed by atoms with Gasteiger partial charge in [0.2, 0.25) is 23.6 Å². The number of hydrogen-bond donors (Lipinski definition) is 6. The largest absolute Gasteiger partial charge is 0.480 e. The second-order valence-corrected chi connectivity index (χ2v) is 14.7. The van der Waals surface area contributed by atoms with Crippen molar-refractivity contribution in [3.63, 3.8) is 0 Å². The molecule has 2 aliphatic rings. The number of carboxylic acid groups (broad SMARTS) is 1. The van der Waals surface area contributed by atoms with Crippen LogP contribution < -0.4 is 26.6 Å². The molecule has 0 saturated heterocycles. The number of carbonyl (C=O) groups excluding carboxylic acids is 5. The Balaban J connectivity index is 1.36. The highest BCUT2D eigenvalue weighted by Gasteiger charge is 2.33. The number of carbonyl (C=O) groups is 6. The quantitative estimate of drug-likeness (QED) is 0.0947. The number of nitrogens with one attached hydrogen (secondary N) is 5. The van der Waals surface area contributed by atoms with E-state index in [-0.39, 0.29) is 44.2 Å². The summed E-state index contributed by atoms with van der Waals surface area (Å²) >= 11 is 0. The minimum Gasteiger partial charge on any atom is -0.480 e. The third-order valence-electron chi connectivity index (χ3n) is 10.2. The molecule has 5 amide bonds. The average molecular weight is 806 g/mol. The first-order valence-corrected chi connectivity index (χ1v) is 19.7. The van der Waals surface area contributed by atoms with E-state index in [1.54, 1.807) is 36.4 Å². The van der Waals surface area contributed by atoms with Crippen molar-refractivity contribution in [3.8, 4) is 11.1 Å². The van der Waals surface area contributed by atoms with Gasteiger partial charge in [-0.15, -0.1) is 0 Å². The molecule has 60 heavy (non-hydrogen) atoms. The lowest BCUT2D eigenvalue weighted by molar-refractivity contribution is -0.142. The molecule has 7 rings (SSSR count). The van der Waals surface area contributed by atoms with Crippen LogP contribution in [0.4, 0.5) is 0 Å². The summed E-state index contributed by atoms with van der Waals surface area (Å²) in [6.07, 6.45) is -0.0423. The molecule has 0 spiro atoms. The molecule has 6 N–H and O–H groups in total.